The second kappa shape index (κ2) is 8.62. The normalized spacial score (nSPS) is 20.4. The summed E-state index contributed by atoms with van der Waals surface area (Å²) >= 11 is 0. The van der Waals surface area contributed by atoms with Crippen LogP contribution in [0.3, 0.4) is 0 Å². The van der Waals surface area contributed by atoms with Crippen molar-refractivity contribution in [2.75, 3.05) is 26.2 Å². The smallest absolute Gasteiger partial charge is 0.410 e. The minimum Gasteiger partial charge on any atom is -0.444 e. The third-order valence-electron chi connectivity index (χ3n) is 3.91. The van der Waals surface area contributed by atoms with Gasteiger partial charge in [0.2, 0.25) is 6.41 Å². The second-order valence-corrected chi connectivity index (χ2v) is 7.13. The van der Waals surface area contributed by atoms with Crippen LogP contribution in [0.5, 0.6) is 0 Å². The molecule has 1 amide bonds. The van der Waals surface area contributed by atoms with Crippen LogP contribution in [-0.4, -0.2) is 70.4 Å². The first-order valence-electron chi connectivity index (χ1n) is 8.48. The number of benzene rings is 1. The van der Waals surface area contributed by atoms with Crippen molar-refractivity contribution in [2.45, 2.75) is 45.4 Å². The molecule has 1 aliphatic rings. The molecule has 1 fully saturated rings. The van der Waals surface area contributed by atoms with Crippen LogP contribution in [0.25, 0.3) is 0 Å². The van der Waals surface area contributed by atoms with Gasteiger partial charge in [0.25, 0.3) is 0 Å². The fraction of sp³-hybridized carbons (Fsp3) is 0.611. The number of aliphatic hydroxyl groups is 2. The van der Waals surface area contributed by atoms with E-state index in [9.17, 15) is 15.0 Å². The number of hydrogen-bond donors (Lipinski definition) is 2. The summed E-state index contributed by atoms with van der Waals surface area (Å²) in [4.78, 5) is 15.5. The maximum Gasteiger partial charge on any atom is 0.410 e. The standard InChI is InChI=1S/C18H28N2O5/c1-18(2,3)25-17(23)20-10-9-19(11-15(20)12-21)16(22)24-13-14-7-5-4-6-8-14/h4-8,15-16,21-22H,9-13H2,1-3H3/t15-,16?/m0/s1. The lowest BCUT2D eigenvalue weighted by Crippen LogP contribution is -2.59. The molecular formula is C18H28N2O5. The van der Waals surface area contributed by atoms with Gasteiger partial charge in [-0.05, 0) is 26.3 Å². The molecule has 0 aliphatic carbocycles. The number of carbonyl (C=O) groups is 1. The Hall–Kier alpha value is -1.67. The molecule has 0 bridgehead atoms. The van der Waals surface area contributed by atoms with Gasteiger partial charge in [0, 0.05) is 19.6 Å². The van der Waals surface area contributed by atoms with Gasteiger partial charge < -0.3 is 24.6 Å². The van der Waals surface area contributed by atoms with Crippen LogP contribution >= 0.6 is 0 Å². The molecule has 0 saturated carbocycles. The molecule has 0 spiro atoms. The predicted octanol–water partition coefficient (Wildman–Crippen LogP) is 1.39. The molecule has 2 rings (SSSR count). The van der Waals surface area contributed by atoms with Crippen LogP contribution in [0.1, 0.15) is 26.3 Å². The summed E-state index contributed by atoms with van der Waals surface area (Å²) < 4.78 is 10.9. The van der Waals surface area contributed by atoms with Gasteiger partial charge in [0.05, 0.1) is 19.3 Å². The van der Waals surface area contributed by atoms with Crippen molar-refractivity contribution < 1.29 is 24.5 Å². The van der Waals surface area contributed by atoms with Crippen LogP contribution < -0.4 is 0 Å². The average molecular weight is 352 g/mol. The molecule has 2 N–H and O–H groups in total. The Morgan fingerprint density at radius 3 is 2.56 bits per heavy atom. The molecule has 0 radical (unpaired) electrons. The molecule has 0 aromatic heterocycles. The van der Waals surface area contributed by atoms with Gasteiger partial charge in [-0.1, -0.05) is 30.3 Å². The summed E-state index contributed by atoms with van der Waals surface area (Å²) in [6, 6.07) is 9.13. The number of hydrogen-bond acceptors (Lipinski definition) is 6. The fourth-order valence-electron chi connectivity index (χ4n) is 2.65. The molecule has 25 heavy (non-hydrogen) atoms. The van der Waals surface area contributed by atoms with Crippen molar-refractivity contribution in [1.29, 1.82) is 0 Å². The first-order chi connectivity index (χ1) is 11.8. The highest BCUT2D eigenvalue weighted by atomic mass is 16.6. The van der Waals surface area contributed by atoms with E-state index in [2.05, 4.69) is 0 Å². The summed E-state index contributed by atoms with van der Waals surface area (Å²) in [6.07, 6.45) is -1.54. The van der Waals surface area contributed by atoms with Crippen LogP contribution in [0.2, 0.25) is 0 Å². The molecule has 140 valence electrons. The van der Waals surface area contributed by atoms with Crippen LogP contribution in [0.15, 0.2) is 30.3 Å². The lowest BCUT2D eigenvalue weighted by Gasteiger charge is -2.42. The maximum atomic E-state index is 12.3. The van der Waals surface area contributed by atoms with E-state index in [1.165, 1.54) is 4.90 Å². The molecule has 1 unspecified atom stereocenters. The highest BCUT2D eigenvalue weighted by molar-refractivity contribution is 5.68. The quantitative estimate of drug-likeness (QED) is 0.780. The third-order valence-corrected chi connectivity index (χ3v) is 3.91. The Labute approximate surface area is 148 Å². The first kappa shape index (κ1) is 19.7. The van der Waals surface area contributed by atoms with E-state index in [1.807, 2.05) is 30.3 Å². The molecule has 1 heterocycles. The van der Waals surface area contributed by atoms with Gasteiger partial charge in [0.15, 0.2) is 0 Å². The van der Waals surface area contributed by atoms with Gasteiger partial charge in [-0.3, -0.25) is 4.90 Å². The summed E-state index contributed by atoms with van der Waals surface area (Å²) in [5.41, 5.74) is 0.375. The maximum absolute atomic E-state index is 12.3. The number of aliphatic hydroxyl groups excluding tert-OH is 2. The Morgan fingerprint density at radius 1 is 1.28 bits per heavy atom. The van der Waals surface area contributed by atoms with Crippen LogP contribution in [-0.2, 0) is 16.1 Å². The van der Waals surface area contributed by atoms with Crippen molar-refractivity contribution in [3.8, 4) is 0 Å². The molecule has 1 aromatic carbocycles. The zero-order valence-corrected chi connectivity index (χ0v) is 15.1. The van der Waals surface area contributed by atoms with Gasteiger partial charge in [-0.2, -0.15) is 0 Å². The summed E-state index contributed by atoms with van der Waals surface area (Å²) in [5, 5.41) is 19.9. The van der Waals surface area contributed by atoms with Crippen LogP contribution in [0.4, 0.5) is 4.79 Å². The van der Waals surface area contributed by atoms with Crippen LogP contribution in [0, 0.1) is 0 Å². The van der Waals surface area contributed by atoms with Gasteiger partial charge >= 0.3 is 6.09 Å². The minimum atomic E-state index is -1.09. The minimum absolute atomic E-state index is 0.207. The number of piperazine rings is 1. The zero-order valence-electron chi connectivity index (χ0n) is 15.1. The largest absolute Gasteiger partial charge is 0.444 e. The van der Waals surface area contributed by atoms with E-state index < -0.39 is 24.2 Å². The van der Waals surface area contributed by atoms with E-state index >= 15 is 0 Å². The van der Waals surface area contributed by atoms with Crippen molar-refractivity contribution >= 4 is 6.09 Å². The highest BCUT2D eigenvalue weighted by Gasteiger charge is 2.35. The molecule has 1 aliphatic heterocycles. The molecule has 1 saturated heterocycles. The van der Waals surface area contributed by atoms with Crippen molar-refractivity contribution in [1.82, 2.24) is 9.80 Å². The number of carbonyl (C=O) groups excluding carboxylic acids is 1. The van der Waals surface area contributed by atoms with Gasteiger partial charge in [-0.25, -0.2) is 4.79 Å². The zero-order chi connectivity index (χ0) is 18.4. The van der Waals surface area contributed by atoms with Crippen molar-refractivity contribution in [3.63, 3.8) is 0 Å². The van der Waals surface area contributed by atoms with Crippen molar-refractivity contribution in [2.24, 2.45) is 0 Å². The molecule has 7 heteroatoms. The summed E-state index contributed by atoms with van der Waals surface area (Å²) in [5.74, 6) is 0. The third kappa shape index (κ3) is 5.97. The van der Waals surface area contributed by atoms with Gasteiger partial charge in [-0.15, -0.1) is 0 Å². The van der Waals surface area contributed by atoms with E-state index in [0.29, 0.717) is 19.6 Å². The Morgan fingerprint density at radius 2 is 1.96 bits per heavy atom. The molecule has 2 atom stereocenters. The van der Waals surface area contributed by atoms with E-state index in [4.69, 9.17) is 9.47 Å². The van der Waals surface area contributed by atoms with Crippen molar-refractivity contribution in [3.05, 3.63) is 35.9 Å². The number of rotatable bonds is 5. The molecule has 7 nitrogen and oxygen atoms in total. The summed E-state index contributed by atoms with van der Waals surface area (Å²) in [7, 11) is 0. The Bertz CT molecular complexity index is 546. The predicted molar refractivity (Wildman–Crippen MR) is 92.6 cm³/mol. The number of amides is 1. The lowest BCUT2D eigenvalue weighted by atomic mass is 10.2. The average Bonchev–Trinajstić information content (AvgIpc) is 2.58. The van der Waals surface area contributed by atoms with Gasteiger partial charge in [0.1, 0.15) is 5.60 Å². The van der Waals surface area contributed by atoms with E-state index in [-0.39, 0.29) is 13.2 Å². The Kier molecular flexibility index (Phi) is 6.78. The van der Waals surface area contributed by atoms with E-state index in [0.717, 1.165) is 5.56 Å². The monoisotopic (exact) mass is 352 g/mol. The fourth-order valence-corrected chi connectivity index (χ4v) is 2.65. The summed E-state index contributed by atoms with van der Waals surface area (Å²) in [6.45, 7) is 6.59. The Balaban J connectivity index is 1.88. The SMILES string of the molecule is CC(C)(C)OC(=O)N1CCN(C(O)OCc2ccccc2)C[C@H]1CO. The molecule has 1 aromatic rings. The topological polar surface area (TPSA) is 82.5 Å². The first-order valence-corrected chi connectivity index (χ1v) is 8.48. The molecular weight excluding hydrogens is 324 g/mol. The highest BCUT2D eigenvalue weighted by Crippen LogP contribution is 2.17. The second-order valence-electron chi connectivity index (χ2n) is 7.13. The number of nitrogens with zero attached hydrogens (tertiary/aromatic N) is 2. The number of ether oxygens (including phenoxy) is 2. The van der Waals surface area contributed by atoms with E-state index in [1.54, 1.807) is 25.7 Å². The lowest BCUT2D eigenvalue weighted by molar-refractivity contribution is -0.212.